The highest BCUT2D eigenvalue weighted by molar-refractivity contribution is 6.30. The lowest BCUT2D eigenvalue weighted by atomic mass is 9.78. The summed E-state index contributed by atoms with van der Waals surface area (Å²) in [5.74, 6) is 0.838. The maximum Gasteiger partial charge on any atom is 0.258 e. The molecule has 5 heteroatoms. The fourth-order valence-corrected chi connectivity index (χ4v) is 2.92. The molecule has 0 aromatic heterocycles. The van der Waals surface area contributed by atoms with Crippen LogP contribution >= 0.6 is 11.6 Å². The van der Waals surface area contributed by atoms with Crippen molar-refractivity contribution in [2.45, 2.75) is 39.2 Å². The van der Waals surface area contributed by atoms with E-state index in [0.29, 0.717) is 17.6 Å². The highest BCUT2D eigenvalue weighted by atomic mass is 35.5. The Morgan fingerprint density at radius 3 is 2.90 bits per heavy atom. The van der Waals surface area contributed by atoms with E-state index >= 15 is 0 Å². The van der Waals surface area contributed by atoms with E-state index in [9.17, 15) is 9.18 Å². The topological polar surface area (TPSA) is 38.3 Å². The Hall–Kier alpha value is -1.29. The van der Waals surface area contributed by atoms with Gasteiger partial charge in [-0.3, -0.25) is 4.79 Å². The van der Waals surface area contributed by atoms with Crippen molar-refractivity contribution in [3.8, 4) is 5.75 Å². The van der Waals surface area contributed by atoms with Gasteiger partial charge in [-0.05, 0) is 30.4 Å². The van der Waals surface area contributed by atoms with Crippen LogP contribution in [0.15, 0.2) is 18.2 Å². The highest BCUT2D eigenvalue weighted by Gasteiger charge is 2.28. The van der Waals surface area contributed by atoms with E-state index in [1.54, 1.807) is 0 Å². The minimum absolute atomic E-state index is 0.0114. The molecule has 3 nitrogen and oxygen atoms in total. The average molecular weight is 314 g/mol. The molecule has 3 atom stereocenters. The van der Waals surface area contributed by atoms with Gasteiger partial charge in [-0.1, -0.05) is 38.3 Å². The molecule has 0 spiro atoms. The lowest BCUT2D eigenvalue weighted by Gasteiger charge is -2.34. The number of amides is 1. The van der Waals surface area contributed by atoms with Crippen molar-refractivity contribution in [2.24, 2.45) is 11.8 Å². The number of benzene rings is 1. The Morgan fingerprint density at radius 1 is 1.43 bits per heavy atom. The standard InChI is InChI=1S/C16H21ClFNO2/c1-10-4-3-5-15(11(10)2)19-16(20)9-21-12-6-7-14(18)13(17)8-12/h6-8,10-11,15H,3-5,9H2,1-2H3,(H,19,20)/t10-,11+,15+/m0/s1. The summed E-state index contributed by atoms with van der Waals surface area (Å²) in [5.41, 5.74) is 0. The number of nitrogens with one attached hydrogen (secondary N) is 1. The van der Waals surface area contributed by atoms with E-state index < -0.39 is 5.82 Å². The van der Waals surface area contributed by atoms with E-state index in [1.807, 2.05) is 0 Å². The number of hydrogen-bond donors (Lipinski definition) is 1. The fourth-order valence-electron chi connectivity index (χ4n) is 2.75. The molecule has 1 aromatic rings. The third-order valence-corrected chi connectivity index (χ3v) is 4.60. The van der Waals surface area contributed by atoms with E-state index in [-0.39, 0.29) is 23.6 Å². The van der Waals surface area contributed by atoms with E-state index in [0.717, 1.165) is 12.8 Å². The molecule has 0 radical (unpaired) electrons. The van der Waals surface area contributed by atoms with Crippen LogP contribution in [0.5, 0.6) is 5.75 Å². The minimum atomic E-state index is -0.501. The summed E-state index contributed by atoms with van der Waals surface area (Å²) in [5, 5.41) is 3.01. The second-order valence-corrected chi connectivity index (χ2v) is 6.21. The number of carbonyl (C=O) groups is 1. The molecule has 0 heterocycles. The summed E-state index contributed by atoms with van der Waals surface area (Å²) in [6, 6.07) is 4.26. The maximum atomic E-state index is 13.0. The Morgan fingerprint density at radius 2 is 2.19 bits per heavy atom. The number of halogens is 2. The molecule has 1 fully saturated rings. The number of rotatable bonds is 4. The van der Waals surface area contributed by atoms with Crippen molar-refractivity contribution in [2.75, 3.05) is 6.61 Å². The van der Waals surface area contributed by atoms with Gasteiger partial charge in [0.25, 0.3) is 5.91 Å². The van der Waals surface area contributed by atoms with Gasteiger partial charge in [0.05, 0.1) is 5.02 Å². The molecule has 1 saturated carbocycles. The van der Waals surface area contributed by atoms with Gasteiger partial charge < -0.3 is 10.1 Å². The summed E-state index contributed by atoms with van der Waals surface area (Å²) >= 11 is 5.66. The van der Waals surface area contributed by atoms with Crippen molar-refractivity contribution < 1.29 is 13.9 Å². The summed E-state index contributed by atoms with van der Waals surface area (Å²) in [4.78, 5) is 11.9. The molecule has 0 bridgehead atoms. The maximum absolute atomic E-state index is 13.0. The molecular formula is C16H21ClFNO2. The van der Waals surface area contributed by atoms with Crippen LogP contribution in [0.4, 0.5) is 4.39 Å². The summed E-state index contributed by atoms with van der Waals surface area (Å²) in [6.45, 7) is 4.31. The molecule has 0 aliphatic heterocycles. The van der Waals surface area contributed by atoms with Crippen LogP contribution in [0.1, 0.15) is 33.1 Å². The zero-order valence-electron chi connectivity index (χ0n) is 12.4. The first kappa shape index (κ1) is 16.1. The van der Waals surface area contributed by atoms with Gasteiger partial charge in [0.2, 0.25) is 0 Å². The summed E-state index contributed by atoms with van der Waals surface area (Å²) < 4.78 is 18.4. The Bertz CT molecular complexity index is 509. The molecule has 0 saturated heterocycles. The number of ether oxygens (including phenoxy) is 1. The SMILES string of the molecule is C[C@@H]1[C@@H](C)CCC[C@H]1NC(=O)COc1ccc(F)c(Cl)c1. The smallest absolute Gasteiger partial charge is 0.258 e. The van der Waals surface area contributed by atoms with Crippen LogP contribution in [-0.4, -0.2) is 18.6 Å². The van der Waals surface area contributed by atoms with Crippen LogP contribution < -0.4 is 10.1 Å². The molecule has 0 unspecified atom stereocenters. The molecule has 2 rings (SSSR count). The molecule has 1 aromatic carbocycles. The first-order valence-corrected chi connectivity index (χ1v) is 7.72. The van der Waals surface area contributed by atoms with Crippen molar-refractivity contribution in [3.63, 3.8) is 0 Å². The van der Waals surface area contributed by atoms with Crippen LogP contribution in [0.2, 0.25) is 5.02 Å². The monoisotopic (exact) mass is 313 g/mol. The van der Waals surface area contributed by atoms with Crippen molar-refractivity contribution in [1.29, 1.82) is 0 Å². The van der Waals surface area contributed by atoms with Crippen molar-refractivity contribution in [1.82, 2.24) is 5.32 Å². The molecule has 1 amide bonds. The number of carbonyl (C=O) groups excluding carboxylic acids is 1. The summed E-state index contributed by atoms with van der Waals surface area (Å²) in [7, 11) is 0. The van der Waals surface area contributed by atoms with E-state index in [4.69, 9.17) is 16.3 Å². The first-order chi connectivity index (χ1) is 9.97. The van der Waals surface area contributed by atoms with Gasteiger partial charge in [-0.15, -0.1) is 0 Å². The zero-order chi connectivity index (χ0) is 15.4. The predicted octanol–water partition coefficient (Wildman–Crippen LogP) is 3.80. The van der Waals surface area contributed by atoms with Gasteiger partial charge in [0.15, 0.2) is 6.61 Å². The molecule has 21 heavy (non-hydrogen) atoms. The molecular weight excluding hydrogens is 293 g/mol. The second-order valence-electron chi connectivity index (χ2n) is 5.81. The first-order valence-electron chi connectivity index (χ1n) is 7.34. The highest BCUT2D eigenvalue weighted by Crippen LogP contribution is 2.29. The normalized spacial score (nSPS) is 25.4. The average Bonchev–Trinajstić information content (AvgIpc) is 2.45. The van der Waals surface area contributed by atoms with Crippen LogP contribution in [-0.2, 0) is 4.79 Å². The van der Waals surface area contributed by atoms with Crippen molar-refractivity contribution in [3.05, 3.63) is 29.0 Å². The molecule has 1 N–H and O–H groups in total. The Labute approximate surface area is 129 Å². The van der Waals surface area contributed by atoms with Gasteiger partial charge in [-0.25, -0.2) is 4.39 Å². The summed E-state index contributed by atoms with van der Waals surface area (Å²) in [6.07, 6.45) is 3.38. The van der Waals surface area contributed by atoms with Crippen LogP contribution in [0.3, 0.4) is 0 Å². The Balaban J connectivity index is 1.83. The molecule has 116 valence electrons. The van der Waals surface area contributed by atoms with E-state index in [2.05, 4.69) is 19.2 Å². The van der Waals surface area contributed by atoms with E-state index in [1.165, 1.54) is 24.6 Å². The lowest BCUT2D eigenvalue weighted by Crippen LogP contribution is -2.45. The lowest BCUT2D eigenvalue weighted by molar-refractivity contribution is -0.124. The van der Waals surface area contributed by atoms with Crippen molar-refractivity contribution >= 4 is 17.5 Å². The van der Waals surface area contributed by atoms with Gasteiger partial charge >= 0.3 is 0 Å². The third kappa shape index (κ3) is 4.34. The Kier molecular flexibility index (Phi) is 5.45. The van der Waals surface area contributed by atoms with Gasteiger partial charge in [0.1, 0.15) is 11.6 Å². The molecule has 1 aliphatic carbocycles. The quantitative estimate of drug-likeness (QED) is 0.918. The minimum Gasteiger partial charge on any atom is -0.484 e. The third-order valence-electron chi connectivity index (χ3n) is 4.31. The molecule has 1 aliphatic rings. The zero-order valence-corrected chi connectivity index (χ0v) is 13.1. The largest absolute Gasteiger partial charge is 0.484 e. The fraction of sp³-hybridized carbons (Fsp3) is 0.562. The second kappa shape index (κ2) is 7.12. The number of hydrogen-bond acceptors (Lipinski definition) is 2. The van der Waals surface area contributed by atoms with Crippen LogP contribution in [0, 0.1) is 17.7 Å². The van der Waals surface area contributed by atoms with Gasteiger partial charge in [-0.2, -0.15) is 0 Å². The van der Waals surface area contributed by atoms with Crippen LogP contribution in [0.25, 0.3) is 0 Å². The van der Waals surface area contributed by atoms with Gasteiger partial charge in [0, 0.05) is 12.1 Å². The predicted molar refractivity (Wildman–Crippen MR) is 81.0 cm³/mol.